The first-order valence-electron chi connectivity index (χ1n) is 7.20. The van der Waals surface area contributed by atoms with Crippen molar-refractivity contribution < 1.29 is 0 Å². The second kappa shape index (κ2) is 6.21. The van der Waals surface area contributed by atoms with Crippen LogP contribution in [0, 0.1) is 0 Å². The average molecular weight is 291 g/mol. The second-order valence-electron chi connectivity index (χ2n) is 5.25. The smallest absolute Gasteiger partial charge is 0.0184 e. The molecule has 0 radical (unpaired) electrons. The van der Waals surface area contributed by atoms with E-state index in [1.54, 1.807) is 10.4 Å². The molecule has 2 atom stereocenters. The molecule has 0 saturated heterocycles. The van der Waals surface area contributed by atoms with E-state index in [2.05, 4.69) is 41.2 Å². The highest BCUT2D eigenvalue weighted by Gasteiger charge is 2.28. The molecule has 102 valence electrons. The van der Waals surface area contributed by atoms with Gasteiger partial charge in [0.1, 0.15) is 0 Å². The summed E-state index contributed by atoms with van der Waals surface area (Å²) in [4.78, 5) is 3.14. The third-order valence-corrected chi connectivity index (χ3v) is 5.95. The normalized spacial score (nSPS) is 20.2. The van der Waals surface area contributed by atoms with Gasteiger partial charge in [0.2, 0.25) is 0 Å². The van der Waals surface area contributed by atoms with E-state index >= 15 is 0 Å². The van der Waals surface area contributed by atoms with Crippen LogP contribution in [0.5, 0.6) is 0 Å². The fourth-order valence-corrected chi connectivity index (χ4v) is 4.97. The van der Waals surface area contributed by atoms with Crippen LogP contribution in [0.2, 0.25) is 0 Å². The van der Waals surface area contributed by atoms with Crippen molar-refractivity contribution in [3.05, 3.63) is 44.3 Å². The van der Waals surface area contributed by atoms with Crippen LogP contribution in [-0.2, 0) is 12.8 Å². The van der Waals surface area contributed by atoms with E-state index in [-0.39, 0.29) is 0 Å². The van der Waals surface area contributed by atoms with E-state index in [0.29, 0.717) is 12.0 Å². The fourth-order valence-electron chi connectivity index (χ4n) is 3.20. The molecular weight excluding hydrogens is 270 g/mol. The molecule has 0 amide bonds. The number of hydrogen-bond acceptors (Lipinski definition) is 3. The highest BCUT2D eigenvalue weighted by molar-refractivity contribution is 7.10. The lowest BCUT2D eigenvalue weighted by molar-refractivity contribution is 0.400. The number of aryl methyl sites for hydroxylation is 1. The van der Waals surface area contributed by atoms with Gasteiger partial charge in [0, 0.05) is 21.7 Å². The van der Waals surface area contributed by atoms with Crippen LogP contribution in [0.4, 0.5) is 0 Å². The zero-order chi connectivity index (χ0) is 13.1. The molecule has 3 rings (SSSR count). The van der Waals surface area contributed by atoms with Gasteiger partial charge in [-0.1, -0.05) is 13.0 Å². The average Bonchev–Trinajstić information content (AvgIpc) is 3.08. The molecule has 0 fully saturated rings. The van der Waals surface area contributed by atoms with Crippen molar-refractivity contribution in [1.29, 1.82) is 0 Å². The second-order valence-corrected chi connectivity index (χ2v) is 7.28. The summed E-state index contributed by atoms with van der Waals surface area (Å²) < 4.78 is 0. The van der Waals surface area contributed by atoms with Gasteiger partial charge in [0.15, 0.2) is 0 Å². The Labute approximate surface area is 123 Å². The lowest BCUT2D eigenvalue weighted by atomic mass is 9.81. The van der Waals surface area contributed by atoms with Crippen molar-refractivity contribution in [1.82, 2.24) is 5.32 Å². The zero-order valence-corrected chi connectivity index (χ0v) is 13.0. The van der Waals surface area contributed by atoms with Crippen molar-refractivity contribution in [3.63, 3.8) is 0 Å². The van der Waals surface area contributed by atoms with Gasteiger partial charge in [-0.2, -0.15) is 0 Å². The molecule has 0 bridgehead atoms. The number of fused-ring (bicyclic) bond motifs is 1. The van der Waals surface area contributed by atoms with Gasteiger partial charge in [-0.15, -0.1) is 22.7 Å². The maximum atomic E-state index is 3.73. The first kappa shape index (κ1) is 13.3. The molecule has 2 unspecified atom stereocenters. The van der Waals surface area contributed by atoms with Gasteiger partial charge in [-0.05, 0) is 60.7 Å². The predicted octanol–water partition coefficient (Wildman–Crippen LogP) is 4.45. The molecule has 2 aromatic rings. The van der Waals surface area contributed by atoms with Crippen molar-refractivity contribution in [2.75, 3.05) is 6.54 Å². The monoisotopic (exact) mass is 291 g/mol. The molecule has 1 aliphatic carbocycles. The molecule has 1 aliphatic rings. The van der Waals surface area contributed by atoms with E-state index in [1.165, 1.54) is 30.6 Å². The molecule has 2 aromatic heterocycles. The SMILES string of the molecule is CCNC(Cc1cccs1)C1CCCc2sccc21. The number of hydrogen-bond donors (Lipinski definition) is 1. The molecule has 0 saturated carbocycles. The minimum atomic E-state index is 0.595. The highest BCUT2D eigenvalue weighted by Crippen LogP contribution is 2.38. The standard InChI is InChI=1S/C16H21NS2/c1-2-17-15(11-12-5-4-9-18-12)13-6-3-7-16-14(13)8-10-19-16/h4-5,8-10,13,15,17H,2-3,6-7,11H2,1H3. The van der Waals surface area contributed by atoms with Gasteiger partial charge >= 0.3 is 0 Å². The van der Waals surface area contributed by atoms with Crippen LogP contribution in [-0.4, -0.2) is 12.6 Å². The Morgan fingerprint density at radius 3 is 3.05 bits per heavy atom. The summed E-state index contributed by atoms with van der Waals surface area (Å²) in [6.45, 7) is 3.28. The predicted molar refractivity (Wildman–Crippen MR) is 85.5 cm³/mol. The maximum absolute atomic E-state index is 3.73. The molecule has 1 nitrogen and oxygen atoms in total. The third kappa shape index (κ3) is 2.93. The first-order chi connectivity index (χ1) is 9.38. The highest BCUT2D eigenvalue weighted by atomic mass is 32.1. The Hall–Kier alpha value is -0.640. The van der Waals surface area contributed by atoms with Gasteiger partial charge in [0.25, 0.3) is 0 Å². The summed E-state index contributed by atoms with van der Waals surface area (Å²) in [5.74, 6) is 0.706. The molecule has 3 heteroatoms. The first-order valence-corrected chi connectivity index (χ1v) is 8.96. The molecule has 0 aliphatic heterocycles. The van der Waals surface area contributed by atoms with Crippen molar-refractivity contribution in [3.8, 4) is 0 Å². The van der Waals surface area contributed by atoms with Gasteiger partial charge < -0.3 is 5.32 Å². The molecule has 0 aromatic carbocycles. The summed E-state index contributed by atoms with van der Waals surface area (Å²) in [6.07, 6.45) is 5.16. The molecule has 1 N–H and O–H groups in total. The number of nitrogens with one attached hydrogen (secondary N) is 1. The minimum Gasteiger partial charge on any atom is -0.313 e. The van der Waals surface area contributed by atoms with Crippen molar-refractivity contribution in [2.24, 2.45) is 0 Å². The third-order valence-electron chi connectivity index (χ3n) is 4.05. The Morgan fingerprint density at radius 2 is 2.26 bits per heavy atom. The Balaban J connectivity index is 1.81. The molecule has 19 heavy (non-hydrogen) atoms. The maximum Gasteiger partial charge on any atom is 0.0184 e. The lowest BCUT2D eigenvalue weighted by Gasteiger charge is -2.31. The quantitative estimate of drug-likeness (QED) is 0.858. The van der Waals surface area contributed by atoms with Gasteiger partial charge in [0.05, 0.1) is 0 Å². The van der Waals surface area contributed by atoms with Crippen LogP contribution < -0.4 is 5.32 Å². The number of likely N-dealkylation sites (N-methyl/N-ethyl adjacent to an activating group) is 1. The van der Waals surface area contributed by atoms with E-state index in [0.717, 1.165) is 6.54 Å². The Kier molecular flexibility index (Phi) is 4.36. The van der Waals surface area contributed by atoms with E-state index in [1.807, 2.05) is 22.7 Å². The van der Waals surface area contributed by atoms with Gasteiger partial charge in [-0.3, -0.25) is 0 Å². The van der Waals surface area contributed by atoms with Crippen LogP contribution in [0.25, 0.3) is 0 Å². The van der Waals surface area contributed by atoms with Crippen LogP contribution in [0.3, 0.4) is 0 Å². The summed E-state index contributed by atoms with van der Waals surface area (Å²) in [6, 6.07) is 7.40. The summed E-state index contributed by atoms with van der Waals surface area (Å²) >= 11 is 3.83. The Bertz CT molecular complexity index is 501. The fraction of sp³-hybridized carbons (Fsp3) is 0.500. The summed E-state index contributed by atoms with van der Waals surface area (Å²) in [5, 5.41) is 8.20. The minimum absolute atomic E-state index is 0.595. The summed E-state index contributed by atoms with van der Waals surface area (Å²) in [7, 11) is 0. The van der Waals surface area contributed by atoms with E-state index < -0.39 is 0 Å². The Morgan fingerprint density at radius 1 is 1.32 bits per heavy atom. The topological polar surface area (TPSA) is 12.0 Å². The van der Waals surface area contributed by atoms with Crippen LogP contribution in [0.15, 0.2) is 29.0 Å². The van der Waals surface area contributed by atoms with Gasteiger partial charge in [-0.25, -0.2) is 0 Å². The molecular formula is C16H21NS2. The van der Waals surface area contributed by atoms with E-state index in [4.69, 9.17) is 0 Å². The van der Waals surface area contributed by atoms with Crippen LogP contribution >= 0.6 is 22.7 Å². The summed E-state index contributed by atoms with van der Waals surface area (Å²) in [5.41, 5.74) is 1.62. The zero-order valence-electron chi connectivity index (χ0n) is 11.4. The number of thiophene rings is 2. The molecule has 2 heterocycles. The van der Waals surface area contributed by atoms with Crippen LogP contribution in [0.1, 0.15) is 41.0 Å². The lowest BCUT2D eigenvalue weighted by Crippen LogP contribution is -2.37. The van der Waals surface area contributed by atoms with Crippen molar-refractivity contribution in [2.45, 2.75) is 44.6 Å². The number of rotatable bonds is 5. The molecule has 0 spiro atoms. The largest absolute Gasteiger partial charge is 0.313 e. The van der Waals surface area contributed by atoms with E-state index in [9.17, 15) is 0 Å². The van der Waals surface area contributed by atoms with Crippen molar-refractivity contribution >= 4 is 22.7 Å².